The number of hydrogen-bond donors (Lipinski definition) is 0. The monoisotopic (exact) mass is 327 g/mol. The van der Waals surface area contributed by atoms with E-state index in [1.807, 2.05) is 0 Å². The molecule has 0 aliphatic carbocycles. The fourth-order valence-electron chi connectivity index (χ4n) is 1.27. The van der Waals surface area contributed by atoms with E-state index in [0.717, 1.165) is 16.4 Å². The minimum absolute atomic E-state index is 0.0347. The quantitative estimate of drug-likeness (QED) is 0.796. The molecule has 0 aromatic heterocycles. The number of benzene rings is 1. The first-order valence-corrected chi connectivity index (χ1v) is 7.16. The summed E-state index contributed by atoms with van der Waals surface area (Å²) in [5.41, 5.74) is 0. The van der Waals surface area contributed by atoms with Gasteiger partial charge in [0.2, 0.25) is 10.0 Å². The Balaban J connectivity index is 3.09. The predicted molar refractivity (Wildman–Crippen MR) is 64.6 cm³/mol. The topological polar surface area (TPSA) is 37.4 Å². The molecular weight excluding hydrogens is 316 g/mol. The molecule has 0 radical (unpaired) electrons. The van der Waals surface area contributed by atoms with Crippen molar-refractivity contribution in [1.82, 2.24) is 4.31 Å². The number of hydrogen-bond acceptors (Lipinski definition) is 2. The lowest BCUT2D eigenvalue weighted by Crippen LogP contribution is -2.31. The van der Waals surface area contributed by atoms with Crippen molar-refractivity contribution >= 4 is 26.0 Å². The summed E-state index contributed by atoms with van der Waals surface area (Å²) >= 11 is 3.23. The van der Waals surface area contributed by atoms with Crippen molar-refractivity contribution < 1.29 is 17.2 Å². The molecule has 0 fully saturated rings. The second-order valence-corrected chi connectivity index (χ2v) is 7.25. The number of alkyl halides is 1. The third-order valence-electron chi connectivity index (χ3n) is 2.11. The van der Waals surface area contributed by atoms with E-state index in [9.17, 15) is 17.2 Å². The summed E-state index contributed by atoms with van der Waals surface area (Å²) < 4.78 is 50.7. The van der Waals surface area contributed by atoms with E-state index < -0.39 is 21.7 Å². The highest BCUT2D eigenvalue weighted by atomic mass is 79.9. The van der Waals surface area contributed by atoms with Gasteiger partial charge in [-0.15, -0.1) is 0 Å². The van der Waals surface area contributed by atoms with Crippen molar-refractivity contribution in [1.29, 1.82) is 0 Å². The summed E-state index contributed by atoms with van der Waals surface area (Å²) in [6, 6.07) is 2.52. The molecule has 1 atom stereocenters. The predicted octanol–water partition coefficient (Wildman–Crippen LogP) is 2.37. The number of rotatable bonds is 4. The Morgan fingerprint density at radius 2 is 1.94 bits per heavy atom. The number of nitrogens with zero attached hydrogens (tertiary/aromatic N) is 1. The highest BCUT2D eigenvalue weighted by molar-refractivity contribution is 9.09. The fraction of sp³-hybridized carbons (Fsp3) is 0.400. The van der Waals surface area contributed by atoms with E-state index in [0.29, 0.717) is 6.07 Å². The van der Waals surface area contributed by atoms with Gasteiger partial charge in [0, 0.05) is 18.4 Å². The molecule has 1 aromatic carbocycles. The molecule has 7 heteroatoms. The van der Waals surface area contributed by atoms with Crippen LogP contribution >= 0.6 is 15.9 Å². The fourth-order valence-corrected chi connectivity index (χ4v) is 3.17. The summed E-state index contributed by atoms with van der Waals surface area (Å²) in [6.45, 7) is 2.03. The van der Waals surface area contributed by atoms with Crippen LogP contribution in [0.15, 0.2) is 23.1 Å². The Morgan fingerprint density at radius 1 is 1.35 bits per heavy atom. The van der Waals surface area contributed by atoms with Gasteiger partial charge in [-0.05, 0) is 18.2 Å². The molecular formula is C10H12BrF2NO2S. The van der Waals surface area contributed by atoms with E-state index in [4.69, 9.17) is 0 Å². The van der Waals surface area contributed by atoms with E-state index >= 15 is 0 Å². The van der Waals surface area contributed by atoms with Crippen LogP contribution in [0.5, 0.6) is 0 Å². The third kappa shape index (κ3) is 3.46. The normalized spacial score (nSPS) is 14.0. The minimum Gasteiger partial charge on any atom is -0.207 e. The molecule has 0 spiro atoms. The van der Waals surface area contributed by atoms with Gasteiger partial charge >= 0.3 is 0 Å². The second kappa shape index (κ2) is 5.41. The maximum absolute atomic E-state index is 13.0. The van der Waals surface area contributed by atoms with Crippen molar-refractivity contribution in [2.75, 3.05) is 13.6 Å². The third-order valence-corrected chi connectivity index (χ3v) is 4.22. The zero-order chi connectivity index (χ0) is 13.2. The largest absolute Gasteiger partial charge is 0.242 e. The van der Waals surface area contributed by atoms with E-state index in [1.165, 1.54) is 7.05 Å². The average molecular weight is 328 g/mol. The molecule has 96 valence electrons. The van der Waals surface area contributed by atoms with Gasteiger partial charge < -0.3 is 0 Å². The summed E-state index contributed by atoms with van der Waals surface area (Å²) in [5, 5.41) is 0. The van der Waals surface area contributed by atoms with Crippen molar-refractivity contribution in [2.24, 2.45) is 0 Å². The van der Waals surface area contributed by atoms with E-state index in [2.05, 4.69) is 15.9 Å². The van der Waals surface area contributed by atoms with Gasteiger partial charge in [0.1, 0.15) is 0 Å². The zero-order valence-electron chi connectivity index (χ0n) is 9.32. The van der Waals surface area contributed by atoms with Gasteiger partial charge in [0.25, 0.3) is 0 Å². The minimum atomic E-state index is -3.78. The molecule has 0 aliphatic heterocycles. The summed E-state index contributed by atoms with van der Waals surface area (Å²) in [5.74, 6) is -2.24. The van der Waals surface area contributed by atoms with Crippen LogP contribution in [-0.2, 0) is 10.0 Å². The van der Waals surface area contributed by atoms with Crippen LogP contribution in [0.4, 0.5) is 8.78 Å². The van der Waals surface area contributed by atoms with Crippen LogP contribution in [0.25, 0.3) is 0 Å². The second-order valence-electron chi connectivity index (χ2n) is 3.64. The lowest BCUT2D eigenvalue weighted by atomic mass is 10.3. The lowest BCUT2D eigenvalue weighted by molar-refractivity contribution is 0.470. The van der Waals surface area contributed by atoms with E-state index in [1.54, 1.807) is 6.92 Å². The Hall–Kier alpha value is -0.530. The molecule has 17 heavy (non-hydrogen) atoms. The molecule has 0 N–H and O–H groups in total. The molecule has 0 amide bonds. The first kappa shape index (κ1) is 14.5. The molecule has 1 aromatic rings. The molecule has 1 rings (SSSR count). The van der Waals surface area contributed by atoms with Gasteiger partial charge in [-0.25, -0.2) is 17.2 Å². The summed E-state index contributed by atoms with van der Waals surface area (Å²) in [7, 11) is -2.39. The Morgan fingerprint density at radius 3 is 2.41 bits per heavy atom. The van der Waals surface area contributed by atoms with Gasteiger partial charge in [-0.2, -0.15) is 4.31 Å². The van der Waals surface area contributed by atoms with Crippen LogP contribution in [0.1, 0.15) is 6.92 Å². The van der Waals surface area contributed by atoms with Crippen LogP contribution in [0, 0.1) is 11.6 Å². The maximum Gasteiger partial charge on any atom is 0.242 e. The Bertz CT molecular complexity index is 505. The highest BCUT2D eigenvalue weighted by Crippen LogP contribution is 2.18. The molecule has 1 unspecified atom stereocenters. The Kier molecular flexibility index (Phi) is 4.62. The van der Waals surface area contributed by atoms with Gasteiger partial charge in [-0.1, -0.05) is 22.9 Å². The number of sulfonamides is 1. The zero-order valence-corrected chi connectivity index (χ0v) is 11.7. The summed E-state index contributed by atoms with van der Waals surface area (Å²) in [6.07, 6.45) is 0. The molecule has 0 bridgehead atoms. The first-order chi connectivity index (χ1) is 7.75. The molecule has 0 aliphatic rings. The van der Waals surface area contributed by atoms with Gasteiger partial charge in [-0.3, -0.25) is 0 Å². The molecule has 0 saturated carbocycles. The SMILES string of the molecule is CC(Br)CN(C)S(=O)(=O)c1ccc(F)c(F)c1. The van der Waals surface area contributed by atoms with Crippen molar-refractivity contribution in [3.8, 4) is 0 Å². The maximum atomic E-state index is 13.0. The Labute approximate surface area is 108 Å². The van der Waals surface area contributed by atoms with Crippen molar-refractivity contribution in [3.63, 3.8) is 0 Å². The van der Waals surface area contributed by atoms with Gasteiger partial charge in [0.05, 0.1) is 4.90 Å². The van der Waals surface area contributed by atoms with Crippen LogP contribution in [0.3, 0.4) is 0 Å². The molecule has 0 heterocycles. The highest BCUT2D eigenvalue weighted by Gasteiger charge is 2.22. The smallest absolute Gasteiger partial charge is 0.207 e. The van der Waals surface area contributed by atoms with Crippen molar-refractivity contribution in [2.45, 2.75) is 16.6 Å². The van der Waals surface area contributed by atoms with Crippen molar-refractivity contribution in [3.05, 3.63) is 29.8 Å². The summed E-state index contributed by atoms with van der Waals surface area (Å²) in [4.78, 5) is -0.292. The molecule has 0 saturated heterocycles. The number of halogens is 3. The standard InChI is InChI=1S/C10H12BrF2NO2S/c1-7(11)6-14(2)17(15,16)8-3-4-9(12)10(13)5-8/h3-5,7H,6H2,1-2H3. The first-order valence-electron chi connectivity index (χ1n) is 4.80. The van der Waals surface area contributed by atoms with Crippen LogP contribution in [0.2, 0.25) is 0 Å². The lowest BCUT2D eigenvalue weighted by Gasteiger charge is -2.18. The van der Waals surface area contributed by atoms with Crippen LogP contribution in [-0.4, -0.2) is 31.1 Å². The van der Waals surface area contributed by atoms with E-state index in [-0.39, 0.29) is 16.3 Å². The van der Waals surface area contributed by atoms with Crippen LogP contribution < -0.4 is 0 Å². The molecule has 3 nitrogen and oxygen atoms in total. The average Bonchev–Trinajstić information content (AvgIpc) is 2.20. The van der Waals surface area contributed by atoms with Gasteiger partial charge in [0.15, 0.2) is 11.6 Å².